The van der Waals surface area contributed by atoms with E-state index in [1.54, 1.807) is 0 Å². The molecule has 5 heteroatoms. The number of carbonyl (C=O) groups excluding carboxylic acids is 3. The molecule has 1 heterocycles. The molecular weight excluding hydrogens is 172 g/mol. The van der Waals surface area contributed by atoms with Gasteiger partial charge in [-0.1, -0.05) is 0 Å². The Morgan fingerprint density at radius 2 is 1.85 bits per heavy atom. The van der Waals surface area contributed by atoms with Crippen molar-refractivity contribution in [2.75, 3.05) is 13.1 Å². The van der Waals surface area contributed by atoms with Crippen LogP contribution in [-0.4, -0.2) is 35.6 Å². The van der Waals surface area contributed by atoms with Crippen molar-refractivity contribution in [3.63, 3.8) is 0 Å². The highest BCUT2D eigenvalue weighted by Gasteiger charge is 2.23. The first kappa shape index (κ1) is 9.60. The Morgan fingerprint density at radius 3 is 2.31 bits per heavy atom. The lowest BCUT2D eigenvalue weighted by atomic mass is 10.3. The normalized spacial score (nSPS) is 15.6. The van der Waals surface area contributed by atoms with Crippen LogP contribution >= 0.6 is 0 Å². The maximum atomic E-state index is 11.0. The van der Waals surface area contributed by atoms with E-state index in [9.17, 15) is 14.4 Å². The van der Waals surface area contributed by atoms with E-state index in [0.29, 0.717) is 0 Å². The van der Waals surface area contributed by atoms with E-state index in [2.05, 4.69) is 0 Å². The van der Waals surface area contributed by atoms with Gasteiger partial charge in [-0.25, -0.2) is 0 Å². The van der Waals surface area contributed by atoms with E-state index >= 15 is 0 Å². The zero-order valence-corrected chi connectivity index (χ0v) is 7.03. The predicted octanol–water partition coefficient (Wildman–Crippen LogP) is -1.17. The van der Waals surface area contributed by atoms with Crippen LogP contribution < -0.4 is 5.73 Å². The average Bonchev–Trinajstić information content (AvgIpc) is 2.43. The highest BCUT2D eigenvalue weighted by molar-refractivity contribution is 6.13. The summed E-state index contributed by atoms with van der Waals surface area (Å²) >= 11 is 0. The van der Waals surface area contributed by atoms with Gasteiger partial charge in [-0.05, 0) is 0 Å². The molecule has 5 nitrogen and oxygen atoms in total. The quantitative estimate of drug-likeness (QED) is 0.555. The van der Waals surface area contributed by atoms with E-state index in [1.165, 1.54) is 12.2 Å². The smallest absolute Gasteiger partial charge is 0.253 e. The molecule has 1 aliphatic heterocycles. The second-order valence-electron chi connectivity index (χ2n) is 2.65. The third-order valence-corrected chi connectivity index (χ3v) is 1.74. The lowest BCUT2D eigenvalue weighted by Crippen LogP contribution is -2.32. The molecule has 70 valence electrons. The van der Waals surface area contributed by atoms with Gasteiger partial charge in [-0.3, -0.25) is 19.3 Å². The minimum atomic E-state index is -0.366. The van der Waals surface area contributed by atoms with Crippen molar-refractivity contribution in [2.24, 2.45) is 5.73 Å². The third-order valence-electron chi connectivity index (χ3n) is 1.74. The number of rotatable bonds is 4. The van der Waals surface area contributed by atoms with E-state index in [1.807, 2.05) is 0 Å². The molecule has 1 aliphatic rings. The van der Waals surface area contributed by atoms with Gasteiger partial charge in [-0.2, -0.15) is 0 Å². The topological polar surface area (TPSA) is 80.5 Å². The van der Waals surface area contributed by atoms with Crippen molar-refractivity contribution in [3.8, 4) is 0 Å². The van der Waals surface area contributed by atoms with Crippen LogP contribution in [0.5, 0.6) is 0 Å². The van der Waals surface area contributed by atoms with E-state index < -0.39 is 0 Å². The summed E-state index contributed by atoms with van der Waals surface area (Å²) in [6.07, 6.45) is 2.51. The van der Waals surface area contributed by atoms with Gasteiger partial charge in [-0.15, -0.1) is 0 Å². The second kappa shape index (κ2) is 3.95. The Kier molecular flexibility index (Phi) is 2.92. The van der Waals surface area contributed by atoms with Crippen molar-refractivity contribution in [2.45, 2.75) is 6.42 Å². The fourth-order valence-electron chi connectivity index (χ4n) is 0.990. The largest absolute Gasteiger partial charge is 0.324 e. The molecule has 0 aromatic rings. The Hall–Kier alpha value is -1.49. The number of hydrogen-bond donors (Lipinski definition) is 1. The van der Waals surface area contributed by atoms with Crippen LogP contribution in [0, 0.1) is 0 Å². The molecule has 0 bridgehead atoms. The molecule has 0 radical (unpaired) electrons. The number of ketones is 1. The molecule has 2 N–H and O–H groups in total. The summed E-state index contributed by atoms with van der Waals surface area (Å²) in [7, 11) is 0. The number of imide groups is 1. The highest BCUT2D eigenvalue weighted by Crippen LogP contribution is 2.03. The second-order valence-corrected chi connectivity index (χ2v) is 2.65. The van der Waals surface area contributed by atoms with Crippen LogP contribution in [0.2, 0.25) is 0 Å². The summed E-state index contributed by atoms with van der Waals surface area (Å²) in [4.78, 5) is 33.7. The van der Waals surface area contributed by atoms with Crippen LogP contribution in [0.1, 0.15) is 6.42 Å². The van der Waals surface area contributed by atoms with Crippen molar-refractivity contribution >= 4 is 17.6 Å². The number of nitrogens with two attached hydrogens (primary N) is 1. The SMILES string of the molecule is NCC(=O)CCN1C(=O)C=CC1=O. The van der Waals surface area contributed by atoms with Crippen LogP contribution in [0.15, 0.2) is 12.2 Å². The Morgan fingerprint density at radius 1 is 1.31 bits per heavy atom. The monoisotopic (exact) mass is 182 g/mol. The standard InChI is InChI=1S/C8H10N2O3/c9-5-6(11)3-4-10-7(12)1-2-8(10)13/h1-2H,3-5,9H2. The van der Waals surface area contributed by atoms with Crippen molar-refractivity contribution < 1.29 is 14.4 Å². The molecule has 0 aromatic carbocycles. The van der Waals surface area contributed by atoms with Gasteiger partial charge < -0.3 is 5.73 Å². The Balaban J connectivity index is 2.42. The summed E-state index contributed by atoms with van der Waals surface area (Å²) in [5.74, 6) is -0.892. The molecule has 0 spiro atoms. The molecule has 0 aromatic heterocycles. The molecule has 1 rings (SSSR count). The van der Waals surface area contributed by atoms with Crippen LogP contribution in [0.3, 0.4) is 0 Å². The minimum Gasteiger partial charge on any atom is -0.324 e. The van der Waals surface area contributed by atoms with Gasteiger partial charge in [0.15, 0.2) is 0 Å². The number of amides is 2. The fourth-order valence-corrected chi connectivity index (χ4v) is 0.990. The number of hydrogen-bond acceptors (Lipinski definition) is 4. The van der Waals surface area contributed by atoms with Crippen LogP contribution in [0.25, 0.3) is 0 Å². The Labute approximate surface area is 75.2 Å². The highest BCUT2D eigenvalue weighted by atomic mass is 16.2. The molecule has 0 aliphatic carbocycles. The van der Waals surface area contributed by atoms with Crippen molar-refractivity contribution in [3.05, 3.63) is 12.2 Å². The van der Waals surface area contributed by atoms with Crippen molar-refractivity contribution in [1.82, 2.24) is 4.90 Å². The first-order chi connectivity index (χ1) is 6.15. The summed E-state index contributed by atoms with van der Waals surface area (Å²) in [6, 6.07) is 0. The average molecular weight is 182 g/mol. The lowest BCUT2D eigenvalue weighted by Gasteiger charge is -2.11. The third kappa shape index (κ3) is 2.22. The predicted molar refractivity (Wildman–Crippen MR) is 44.5 cm³/mol. The van der Waals surface area contributed by atoms with Gasteiger partial charge in [0.05, 0.1) is 6.54 Å². The van der Waals surface area contributed by atoms with Crippen LogP contribution in [0.4, 0.5) is 0 Å². The maximum absolute atomic E-state index is 11.0. The van der Waals surface area contributed by atoms with Gasteiger partial charge in [0.25, 0.3) is 11.8 Å². The number of carbonyl (C=O) groups is 3. The minimum absolute atomic E-state index is 0.0519. The van der Waals surface area contributed by atoms with Crippen LogP contribution in [-0.2, 0) is 14.4 Å². The van der Waals surface area contributed by atoms with E-state index in [0.717, 1.165) is 4.90 Å². The van der Waals surface area contributed by atoms with Gasteiger partial charge >= 0.3 is 0 Å². The molecule has 0 atom stereocenters. The first-order valence-corrected chi connectivity index (χ1v) is 3.90. The van der Waals surface area contributed by atoms with Crippen molar-refractivity contribution in [1.29, 1.82) is 0 Å². The molecule has 13 heavy (non-hydrogen) atoms. The van der Waals surface area contributed by atoms with Gasteiger partial charge in [0.2, 0.25) is 0 Å². The summed E-state index contributed by atoms with van der Waals surface area (Å²) in [5, 5.41) is 0. The summed E-state index contributed by atoms with van der Waals surface area (Å²) in [5.41, 5.74) is 5.07. The summed E-state index contributed by atoms with van der Waals surface area (Å²) in [6.45, 7) is 0.0738. The molecular formula is C8H10N2O3. The molecule has 0 saturated carbocycles. The zero-order valence-electron chi connectivity index (χ0n) is 7.03. The first-order valence-electron chi connectivity index (χ1n) is 3.90. The van der Waals surface area contributed by atoms with E-state index in [4.69, 9.17) is 5.73 Å². The number of nitrogens with zero attached hydrogens (tertiary/aromatic N) is 1. The molecule has 0 fully saturated rings. The molecule has 2 amide bonds. The fraction of sp³-hybridized carbons (Fsp3) is 0.375. The van der Waals surface area contributed by atoms with Gasteiger partial charge in [0.1, 0.15) is 5.78 Å². The molecule has 0 saturated heterocycles. The summed E-state index contributed by atoms with van der Waals surface area (Å²) < 4.78 is 0. The molecule has 0 unspecified atom stereocenters. The lowest BCUT2D eigenvalue weighted by molar-refractivity contribution is -0.137. The maximum Gasteiger partial charge on any atom is 0.253 e. The zero-order chi connectivity index (χ0) is 9.84. The van der Waals surface area contributed by atoms with Gasteiger partial charge in [0, 0.05) is 25.1 Å². The number of Topliss-reactive ketones (excluding diaryl/α,β-unsaturated/α-hetero) is 1. The van der Waals surface area contributed by atoms with E-state index in [-0.39, 0.29) is 37.1 Å². The Bertz CT molecular complexity index is 265.